The van der Waals surface area contributed by atoms with Gasteiger partial charge in [-0.2, -0.15) is 0 Å². The molecule has 1 unspecified atom stereocenters. The third-order valence-electron chi connectivity index (χ3n) is 5.83. The van der Waals surface area contributed by atoms with E-state index in [1.54, 1.807) is 42.2 Å². The number of anilines is 2. The number of para-hydroxylation sites is 1. The van der Waals surface area contributed by atoms with Gasteiger partial charge in [-0.05, 0) is 42.0 Å². The summed E-state index contributed by atoms with van der Waals surface area (Å²) in [6.45, 7) is 1.45. The van der Waals surface area contributed by atoms with Crippen molar-refractivity contribution in [2.24, 2.45) is 0 Å². The number of carbonyl (C=O) groups is 3. The van der Waals surface area contributed by atoms with Gasteiger partial charge in [-0.3, -0.25) is 19.7 Å². The summed E-state index contributed by atoms with van der Waals surface area (Å²) in [5, 5.41) is 6.36. The van der Waals surface area contributed by atoms with Gasteiger partial charge in [-0.25, -0.2) is 0 Å². The minimum Gasteiger partial charge on any atom is -0.344 e. The Balaban J connectivity index is 1.90. The number of amides is 3. The quantitative estimate of drug-likeness (QED) is 0.486. The summed E-state index contributed by atoms with van der Waals surface area (Å²) in [5.74, 6) is -1.19. The minimum atomic E-state index is -1.29. The molecule has 0 spiro atoms. The highest BCUT2D eigenvalue weighted by molar-refractivity contribution is 6.31. The lowest BCUT2D eigenvalue weighted by Gasteiger charge is -2.41. The molecule has 0 aliphatic carbocycles. The highest BCUT2D eigenvalue weighted by atomic mass is 35.5. The molecule has 0 fully saturated rings. The number of fused-ring (bicyclic) bond motifs is 1. The summed E-state index contributed by atoms with van der Waals surface area (Å²) in [5.41, 5.74) is 1.43. The Morgan fingerprint density at radius 3 is 2.38 bits per heavy atom. The monoisotopic (exact) mass is 495 g/mol. The minimum absolute atomic E-state index is 0.173. The van der Waals surface area contributed by atoms with Gasteiger partial charge in [0.1, 0.15) is 0 Å². The molecule has 1 atom stereocenters. The first-order chi connectivity index (χ1) is 16.3. The van der Waals surface area contributed by atoms with Gasteiger partial charge in [-0.15, -0.1) is 0 Å². The van der Waals surface area contributed by atoms with Crippen LogP contribution >= 0.6 is 23.2 Å². The zero-order chi connectivity index (χ0) is 24.3. The summed E-state index contributed by atoms with van der Waals surface area (Å²) >= 11 is 12.5. The molecule has 3 aromatic carbocycles. The molecule has 3 aromatic rings. The van der Waals surface area contributed by atoms with Crippen molar-refractivity contribution in [1.29, 1.82) is 0 Å². The smallest absolute Gasteiger partial charge is 0.255 e. The van der Waals surface area contributed by atoms with Crippen molar-refractivity contribution in [3.8, 4) is 0 Å². The third kappa shape index (κ3) is 4.65. The van der Waals surface area contributed by atoms with Crippen molar-refractivity contribution < 1.29 is 14.4 Å². The van der Waals surface area contributed by atoms with E-state index in [9.17, 15) is 14.4 Å². The average molecular weight is 496 g/mol. The fourth-order valence-electron chi connectivity index (χ4n) is 4.29. The average Bonchev–Trinajstić information content (AvgIpc) is 3.08. The number of carbonyl (C=O) groups excluding carboxylic acids is 3. The number of nitrogens with zero attached hydrogens (tertiary/aromatic N) is 1. The maximum Gasteiger partial charge on any atom is 0.255 e. The lowest BCUT2D eigenvalue weighted by Crippen LogP contribution is -2.56. The summed E-state index contributed by atoms with van der Waals surface area (Å²) < 4.78 is 0. The van der Waals surface area contributed by atoms with E-state index in [0.29, 0.717) is 27.0 Å². The second-order valence-electron chi connectivity index (χ2n) is 8.06. The molecule has 6 nitrogen and oxygen atoms in total. The summed E-state index contributed by atoms with van der Waals surface area (Å²) in [6, 6.07) is 21.7. The van der Waals surface area contributed by atoms with Crippen molar-refractivity contribution in [1.82, 2.24) is 5.32 Å². The first kappa shape index (κ1) is 23.8. The molecule has 3 amide bonds. The number of hydrogen-bond acceptors (Lipinski definition) is 4. The van der Waals surface area contributed by atoms with Crippen molar-refractivity contribution in [2.75, 3.05) is 16.8 Å². The van der Waals surface area contributed by atoms with Crippen LogP contribution in [0.3, 0.4) is 0 Å². The standard InChI is InChI=1S/C26H23Cl2N3O3/c1-2-23(32)30-24(33)16-31(20-9-4-3-5-10-20)26(15-17-7-6-8-18(27)13-17)21-12-11-19(28)14-22(21)29-25(26)34/h3-14H,2,15-16H2,1H3,(H,29,34)(H,30,32,33). The van der Waals surface area contributed by atoms with Crippen LogP contribution in [0.4, 0.5) is 11.4 Å². The summed E-state index contributed by atoms with van der Waals surface area (Å²) in [7, 11) is 0. The largest absolute Gasteiger partial charge is 0.344 e. The van der Waals surface area contributed by atoms with Crippen LogP contribution in [0.25, 0.3) is 0 Å². The van der Waals surface area contributed by atoms with Crippen LogP contribution in [-0.4, -0.2) is 24.3 Å². The number of rotatable bonds is 7. The fourth-order valence-corrected chi connectivity index (χ4v) is 4.68. The molecule has 1 heterocycles. The van der Waals surface area contributed by atoms with Crippen LogP contribution in [0.1, 0.15) is 24.5 Å². The van der Waals surface area contributed by atoms with E-state index in [4.69, 9.17) is 23.2 Å². The van der Waals surface area contributed by atoms with Crippen molar-refractivity contribution in [2.45, 2.75) is 25.3 Å². The topological polar surface area (TPSA) is 78.5 Å². The maximum atomic E-state index is 13.8. The van der Waals surface area contributed by atoms with E-state index >= 15 is 0 Å². The van der Waals surface area contributed by atoms with Crippen molar-refractivity contribution >= 4 is 52.3 Å². The van der Waals surface area contributed by atoms with Gasteiger partial charge in [-0.1, -0.05) is 66.5 Å². The van der Waals surface area contributed by atoms with Gasteiger partial charge in [0, 0.05) is 39.8 Å². The first-order valence-corrected chi connectivity index (χ1v) is 11.6. The SMILES string of the molecule is CCC(=O)NC(=O)CN(c1ccccc1)C1(Cc2cccc(Cl)c2)C(=O)Nc2cc(Cl)ccc21. The zero-order valence-electron chi connectivity index (χ0n) is 18.5. The lowest BCUT2D eigenvalue weighted by molar-refractivity contribution is -0.129. The number of hydrogen-bond donors (Lipinski definition) is 2. The number of benzene rings is 3. The Morgan fingerprint density at radius 1 is 0.941 bits per heavy atom. The van der Waals surface area contributed by atoms with Crippen molar-refractivity contribution in [3.63, 3.8) is 0 Å². The molecule has 4 rings (SSSR count). The Bertz CT molecular complexity index is 1250. The van der Waals surface area contributed by atoms with Crippen LogP contribution < -0.4 is 15.5 Å². The Labute approximate surface area is 207 Å². The van der Waals surface area contributed by atoms with Gasteiger partial charge in [0.15, 0.2) is 5.54 Å². The molecular formula is C26H23Cl2N3O3. The summed E-state index contributed by atoms with van der Waals surface area (Å²) in [6.07, 6.45) is 0.407. The van der Waals surface area contributed by atoms with E-state index in [1.807, 2.05) is 42.5 Å². The van der Waals surface area contributed by atoms with Gasteiger partial charge >= 0.3 is 0 Å². The predicted molar refractivity (Wildman–Crippen MR) is 134 cm³/mol. The molecule has 0 bridgehead atoms. The Kier molecular flexibility index (Phi) is 6.91. The van der Waals surface area contributed by atoms with Crippen molar-refractivity contribution in [3.05, 3.63) is 94.0 Å². The van der Waals surface area contributed by atoms with E-state index < -0.39 is 11.4 Å². The molecule has 174 valence electrons. The van der Waals surface area contributed by atoms with Crippen LogP contribution in [-0.2, 0) is 26.3 Å². The lowest BCUT2D eigenvalue weighted by atomic mass is 9.82. The molecule has 34 heavy (non-hydrogen) atoms. The number of nitrogens with one attached hydrogen (secondary N) is 2. The van der Waals surface area contributed by atoms with Crippen LogP contribution in [0.2, 0.25) is 10.0 Å². The zero-order valence-corrected chi connectivity index (χ0v) is 20.0. The third-order valence-corrected chi connectivity index (χ3v) is 6.30. The molecule has 0 saturated heterocycles. The van der Waals surface area contributed by atoms with Crippen LogP contribution in [0.15, 0.2) is 72.8 Å². The molecule has 0 aromatic heterocycles. The van der Waals surface area contributed by atoms with E-state index in [0.717, 1.165) is 5.56 Å². The second-order valence-corrected chi connectivity index (χ2v) is 8.93. The van der Waals surface area contributed by atoms with Gasteiger partial charge in [0.2, 0.25) is 11.8 Å². The van der Waals surface area contributed by atoms with Crippen LogP contribution in [0.5, 0.6) is 0 Å². The predicted octanol–water partition coefficient (Wildman–Crippen LogP) is 4.94. The normalized spacial score (nSPS) is 16.5. The van der Waals surface area contributed by atoms with Crippen LogP contribution in [0, 0.1) is 0 Å². The molecular weight excluding hydrogens is 473 g/mol. The number of imide groups is 1. The van der Waals surface area contributed by atoms with Gasteiger partial charge in [0.05, 0.1) is 6.54 Å². The molecule has 0 saturated carbocycles. The Hall–Kier alpha value is -3.35. The van der Waals surface area contributed by atoms with E-state index in [1.165, 1.54) is 0 Å². The molecule has 1 aliphatic heterocycles. The van der Waals surface area contributed by atoms with Gasteiger partial charge < -0.3 is 10.2 Å². The second kappa shape index (κ2) is 9.87. The maximum absolute atomic E-state index is 13.8. The molecule has 2 N–H and O–H groups in total. The summed E-state index contributed by atoms with van der Waals surface area (Å²) in [4.78, 5) is 40.4. The highest BCUT2D eigenvalue weighted by Gasteiger charge is 2.52. The van der Waals surface area contributed by atoms with Gasteiger partial charge in [0.25, 0.3) is 5.91 Å². The van der Waals surface area contributed by atoms with E-state index in [2.05, 4.69) is 10.6 Å². The molecule has 0 radical (unpaired) electrons. The number of halogens is 2. The highest BCUT2D eigenvalue weighted by Crippen LogP contribution is 2.45. The first-order valence-electron chi connectivity index (χ1n) is 10.8. The van der Waals surface area contributed by atoms with E-state index in [-0.39, 0.29) is 31.2 Å². The Morgan fingerprint density at radius 2 is 1.68 bits per heavy atom. The molecule has 8 heteroatoms. The molecule has 1 aliphatic rings. The fraction of sp³-hybridized carbons (Fsp3) is 0.192.